The first-order valence-corrected chi connectivity index (χ1v) is 8.05. The van der Waals surface area contributed by atoms with E-state index in [-0.39, 0.29) is 11.6 Å². The van der Waals surface area contributed by atoms with Crippen molar-refractivity contribution >= 4 is 22.9 Å². The molecule has 6 heteroatoms. The van der Waals surface area contributed by atoms with E-state index in [1.807, 2.05) is 24.3 Å². The van der Waals surface area contributed by atoms with E-state index in [0.29, 0.717) is 11.5 Å². The van der Waals surface area contributed by atoms with E-state index >= 15 is 0 Å². The van der Waals surface area contributed by atoms with E-state index in [9.17, 15) is 13.6 Å². The number of hydrogen-bond acceptors (Lipinski definition) is 3. The molecule has 3 nitrogen and oxygen atoms in total. The number of carbonyl (C=O) groups is 1. The fourth-order valence-electron chi connectivity index (χ4n) is 2.58. The Balaban J connectivity index is 1.63. The Kier molecular flexibility index (Phi) is 3.54. The molecule has 2 heterocycles. The molecule has 0 saturated heterocycles. The van der Waals surface area contributed by atoms with Crippen LogP contribution >= 0.6 is 11.3 Å². The molecule has 0 saturated carbocycles. The standard InChI is InChI=1S/C18H11F2NO2S/c19-13-6-5-11(8-14(13)20)21-18(22)16-7-10-9-23-15-4-2-1-3-12(15)17(10)24-16/h1-8H,9H2,(H,21,22). The highest BCUT2D eigenvalue weighted by Crippen LogP contribution is 2.42. The molecule has 2 aromatic carbocycles. The van der Waals surface area contributed by atoms with E-state index in [4.69, 9.17) is 4.74 Å². The van der Waals surface area contributed by atoms with Gasteiger partial charge in [0, 0.05) is 27.8 Å². The Morgan fingerprint density at radius 2 is 1.92 bits per heavy atom. The minimum absolute atomic E-state index is 0.210. The van der Waals surface area contributed by atoms with Crippen LogP contribution < -0.4 is 10.1 Å². The van der Waals surface area contributed by atoms with Crippen LogP contribution in [0, 0.1) is 11.6 Å². The third-order valence-electron chi connectivity index (χ3n) is 3.73. The largest absolute Gasteiger partial charge is 0.488 e. The fraction of sp³-hybridized carbons (Fsp3) is 0.0556. The fourth-order valence-corrected chi connectivity index (χ4v) is 3.67. The van der Waals surface area contributed by atoms with Gasteiger partial charge in [-0.1, -0.05) is 12.1 Å². The van der Waals surface area contributed by atoms with Gasteiger partial charge >= 0.3 is 0 Å². The normalized spacial score (nSPS) is 12.1. The van der Waals surface area contributed by atoms with E-state index in [1.54, 1.807) is 6.07 Å². The summed E-state index contributed by atoms with van der Waals surface area (Å²) in [5, 5.41) is 2.58. The Hall–Kier alpha value is -2.73. The number of fused-ring (bicyclic) bond motifs is 3. The van der Waals surface area contributed by atoms with E-state index in [1.165, 1.54) is 17.4 Å². The molecule has 0 spiro atoms. The number of carbonyl (C=O) groups excluding carboxylic acids is 1. The minimum Gasteiger partial charge on any atom is -0.488 e. The summed E-state index contributed by atoms with van der Waals surface area (Å²) in [6, 6.07) is 12.7. The molecule has 0 bridgehead atoms. The van der Waals surface area contributed by atoms with Crippen molar-refractivity contribution in [3.05, 3.63) is 70.6 Å². The van der Waals surface area contributed by atoms with Crippen LogP contribution in [0.3, 0.4) is 0 Å². The molecule has 3 aromatic rings. The summed E-state index contributed by atoms with van der Waals surface area (Å²) in [4.78, 5) is 13.9. The van der Waals surface area contributed by atoms with Gasteiger partial charge < -0.3 is 10.1 Å². The summed E-state index contributed by atoms with van der Waals surface area (Å²) in [5.41, 5.74) is 2.10. The van der Waals surface area contributed by atoms with E-state index < -0.39 is 11.6 Å². The second-order valence-electron chi connectivity index (χ2n) is 5.33. The number of nitrogens with one attached hydrogen (secondary N) is 1. The molecule has 0 unspecified atom stereocenters. The van der Waals surface area contributed by atoms with Crippen molar-refractivity contribution in [2.45, 2.75) is 6.61 Å². The van der Waals surface area contributed by atoms with Crippen molar-refractivity contribution in [3.63, 3.8) is 0 Å². The Bertz CT molecular complexity index is 952. The van der Waals surface area contributed by atoms with Crippen LogP contribution in [0.25, 0.3) is 10.4 Å². The lowest BCUT2D eigenvalue weighted by molar-refractivity contribution is 0.103. The molecule has 0 fully saturated rings. The number of ether oxygens (including phenoxy) is 1. The second kappa shape index (κ2) is 5.72. The molecule has 1 aliphatic heterocycles. The maximum atomic E-state index is 13.2. The maximum absolute atomic E-state index is 13.2. The third kappa shape index (κ3) is 2.55. The van der Waals surface area contributed by atoms with Crippen molar-refractivity contribution < 1.29 is 18.3 Å². The summed E-state index contributed by atoms with van der Waals surface area (Å²) >= 11 is 1.35. The van der Waals surface area contributed by atoms with E-state index in [2.05, 4.69) is 5.32 Å². The van der Waals surface area contributed by atoms with Gasteiger partial charge in [0.2, 0.25) is 0 Å². The van der Waals surface area contributed by atoms with Crippen LogP contribution in [0.1, 0.15) is 15.2 Å². The number of halogens is 2. The molecule has 120 valence electrons. The van der Waals surface area contributed by atoms with Crippen molar-refractivity contribution in [2.24, 2.45) is 0 Å². The highest BCUT2D eigenvalue weighted by atomic mass is 32.1. The Morgan fingerprint density at radius 1 is 1.08 bits per heavy atom. The predicted octanol–water partition coefficient (Wildman–Crippen LogP) is 4.84. The highest BCUT2D eigenvalue weighted by molar-refractivity contribution is 7.17. The Morgan fingerprint density at radius 3 is 2.75 bits per heavy atom. The minimum atomic E-state index is -0.999. The first-order valence-electron chi connectivity index (χ1n) is 7.23. The SMILES string of the molecule is O=C(Nc1ccc(F)c(F)c1)c1cc2c(s1)-c1ccccc1OC2. The molecule has 1 aliphatic rings. The number of anilines is 1. The van der Waals surface area contributed by atoms with Crippen LogP contribution in [0.2, 0.25) is 0 Å². The summed E-state index contributed by atoms with van der Waals surface area (Å²) in [7, 11) is 0. The maximum Gasteiger partial charge on any atom is 0.265 e. The second-order valence-corrected chi connectivity index (χ2v) is 6.39. The van der Waals surface area contributed by atoms with Crippen molar-refractivity contribution in [1.82, 2.24) is 0 Å². The molecule has 4 rings (SSSR count). The van der Waals surface area contributed by atoms with Crippen molar-refractivity contribution in [2.75, 3.05) is 5.32 Å². The van der Waals surface area contributed by atoms with Gasteiger partial charge in [0.05, 0.1) is 4.88 Å². The molecule has 0 aliphatic carbocycles. The molecule has 24 heavy (non-hydrogen) atoms. The highest BCUT2D eigenvalue weighted by Gasteiger charge is 2.22. The number of hydrogen-bond donors (Lipinski definition) is 1. The monoisotopic (exact) mass is 343 g/mol. The van der Waals surface area contributed by atoms with Crippen LogP contribution in [0.15, 0.2) is 48.5 Å². The summed E-state index contributed by atoms with van der Waals surface area (Å²) in [5.74, 6) is -1.52. The number of amides is 1. The average molecular weight is 343 g/mol. The molecular weight excluding hydrogens is 332 g/mol. The number of thiophene rings is 1. The predicted molar refractivity (Wildman–Crippen MR) is 88.4 cm³/mol. The van der Waals surface area contributed by atoms with Crippen LogP contribution in [0.4, 0.5) is 14.5 Å². The zero-order valence-electron chi connectivity index (χ0n) is 12.3. The lowest BCUT2D eigenvalue weighted by Gasteiger charge is -2.16. The van der Waals surface area contributed by atoms with Gasteiger partial charge in [-0.25, -0.2) is 8.78 Å². The van der Waals surface area contributed by atoms with E-state index in [0.717, 1.165) is 33.9 Å². The molecule has 1 N–H and O–H groups in total. The number of rotatable bonds is 2. The van der Waals surface area contributed by atoms with Gasteiger partial charge in [0.25, 0.3) is 5.91 Å². The molecule has 0 radical (unpaired) electrons. The van der Waals surface area contributed by atoms with Gasteiger partial charge in [-0.3, -0.25) is 4.79 Å². The zero-order valence-corrected chi connectivity index (χ0v) is 13.1. The molecule has 0 atom stereocenters. The van der Waals surface area contributed by atoms with Gasteiger partial charge in [-0.05, 0) is 30.3 Å². The van der Waals surface area contributed by atoms with Gasteiger partial charge in [-0.15, -0.1) is 11.3 Å². The third-order valence-corrected chi connectivity index (χ3v) is 4.93. The van der Waals surface area contributed by atoms with Crippen LogP contribution in [-0.2, 0) is 6.61 Å². The number of benzene rings is 2. The summed E-state index contributed by atoms with van der Waals surface area (Å²) < 4.78 is 31.9. The molecular formula is C18H11F2NO2S. The van der Waals surface area contributed by atoms with Crippen molar-refractivity contribution in [1.29, 1.82) is 0 Å². The first kappa shape index (κ1) is 14.8. The summed E-state index contributed by atoms with van der Waals surface area (Å²) in [6.07, 6.45) is 0. The molecule has 1 aromatic heterocycles. The first-order chi connectivity index (χ1) is 11.6. The molecule has 1 amide bonds. The lowest BCUT2D eigenvalue weighted by atomic mass is 10.1. The van der Waals surface area contributed by atoms with Gasteiger partial charge in [0.15, 0.2) is 11.6 Å². The quantitative estimate of drug-likeness (QED) is 0.723. The van der Waals surface area contributed by atoms with Crippen LogP contribution in [0.5, 0.6) is 5.75 Å². The smallest absolute Gasteiger partial charge is 0.265 e. The average Bonchev–Trinajstić information content (AvgIpc) is 3.03. The van der Waals surface area contributed by atoms with Gasteiger partial charge in [0.1, 0.15) is 12.4 Å². The van der Waals surface area contributed by atoms with Crippen LogP contribution in [-0.4, -0.2) is 5.91 Å². The topological polar surface area (TPSA) is 38.3 Å². The Labute approximate surface area is 140 Å². The van der Waals surface area contributed by atoms with Gasteiger partial charge in [-0.2, -0.15) is 0 Å². The zero-order chi connectivity index (χ0) is 16.7. The van der Waals surface area contributed by atoms with Crippen molar-refractivity contribution in [3.8, 4) is 16.2 Å². The number of para-hydroxylation sites is 1. The summed E-state index contributed by atoms with van der Waals surface area (Å²) in [6.45, 7) is 0.404. The lowest BCUT2D eigenvalue weighted by Crippen LogP contribution is -2.10.